The minimum Gasteiger partial charge on any atom is -0.466 e. The molecule has 0 aliphatic carbocycles. The molecule has 0 saturated carbocycles. The SMILES string of the molecule is CCC(C(=O)Nc1ccc(C2CCCOC(=O)C2)cc1)c1ccc2nc(N(C)c3ccccc3C)oc2c1. The Kier molecular flexibility index (Phi) is 7.45. The molecule has 1 aliphatic heterocycles. The molecular weight excluding hydrogens is 478 g/mol. The van der Waals surface area contributed by atoms with E-state index in [-0.39, 0.29) is 23.7 Å². The number of hydrogen-bond acceptors (Lipinski definition) is 6. The van der Waals surface area contributed by atoms with Crippen molar-refractivity contribution in [3.05, 3.63) is 83.4 Å². The molecule has 4 aromatic rings. The second-order valence-corrected chi connectivity index (χ2v) is 9.90. The fraction of sp³-hybridized carbons (Fsp3) is 0.323. The van der Waals surface area contributed by atoms with Crippen molar-refractivity contribution in [2.45, 2.75) is 51.4 Å². The quantitative estimate of drug-likeness (QED) is 0.273. The van der Waals surface area contributed by atoms with E-state index in [1.54, 1.807) is 0 Å². The third-order valence-electron chi connectivity index (χ3n) is 7.31. The van der Waals surface area contributed by atoms with Crippen molar-refractivity contribution in [3.8, 4) is 0 Å². The average molecular weight is 512 g/mol. The van der Waals surface area contributed by atoms with Crippen LogP contribution in [0.2, 0.25) is 0 Å². The van der Waals surface area contributed by atoms with Crippen molar-refractivity contribution in [2.75, 3.05) is 23.9 Å². The number of benzene rings is 3. The molecule has 3 aromatic carbocycles. The number of fused-ring (bicyclic) bond motifs is 1. The molecule has 1 fully saturated rings. The topological polar surface area (TPSA) is 84.7 Å². The summed E-state index contributed by atoms with van der Waals surface area (Å²) in [5, 5.41) is 3.06. The molecule has 2 atom stereocenters. The molecule has 0 radical (unpaired) electrons. The molecule has 5 rings (SSSR count). The minimum atomic E-state index is -0.335. The predicted molar refractivity (Wildman–Crippen MR) is 149 cm³/mol. The van der Waals surface area contributed by atoms with Crippen molar-refractivity contribution >= 4 is 40.4 Å². The van der Waals surface area contributed by atoms with Crippen molar-refractivity contribution < 1.29 is 18.7 Å². The second kappa shape index (κ2) is 11.1. The highest BCUT2D eigenvalue weighted by molar-refractivity contribution is 5.96. The number of esters is 1. The maximum Gasteiger partial charge on any atom is 0.306 e. The van der Waals surface area contributed by atoms with Crippen molar-refractivity contribution in [3.63, 3.8) is 0 Å². The smallest absolute Gasteiger partial charge is 0.306 e. The number of carbonyl (C=O) groups is 2. The van der Waals surface area contributed by atoms with Crippen LogP contribution in [0.5, 0.6) is 0 Å². The molecule has 1 N–H and O–H groups in total. The zero-order chi connectivity index (χ0) is 26.6. The van der Waals surface area contributed by atoms with Crippen molar-refractivity contribution in [1.29, 1.82) is 0 Å². The van der Waals surface area contributed by atoms with E-state index in [4.69, 9.17) is 9.15 Å². The number of amides is 1. The van der Waals surface area contributed by atoms with E-state index < -0.39 is 0 Å². The van der Waals surface area contributed by atoms with Gasteiger partial charge in [-0.1, -0.05) is 43.3 Å². The second-order valence-electron chi connectivity index (χ2n) is 9.90. The van der Waals surface area contributed by atoms with E-state index in [1.165, 1.54) is 0 Å². The lowest BCUT2D eigenvalue weighted by Gasteiger charge is -2.17. The number of aromatic nitrogens is 1. The van der Waals surface area contributed by atoms with E-state index in [0.29, 0.717) is 31.0 Å². The first kappa shape index (κ1) is 25.5. The van der Waals surface area contributed by atoms with Crippen LogP contribution in [0.25, 0.3) is 11.1 Å². The lowest BCUT2D eigenvalue weighted by Crippen LogP contribution is -2.20. The first-order chi connectivity index (χ1) is 18.4. The van der Waals surface area contributed by atoms with Crippen LogP contribution in [0.15, 0.2) is 71.1 Å². The minimum absolute atomic E-state index is 0.0746. The monoisotopic (exact) mass is 511 g/mol. The number of carbonyl (C=O) groups excluding carboxylic acids is 2. The maximum atomic E-state index is 13.3. The summed E-state index contributed by atoms with van der Waals surface area (Å²) >= 11 is 0. The Morgan fingerprint density at radius 1 is 1.13 bits per heavy atom. The third kappa shape index (κ3) is 5.42. The largest absolute Gasteiger partial charge is 0.466 e. The van der Waals surface area contributed by atoms with Gasteiger partial charge in [-0.2, -0.15) is 4.98 Å². The van der Waals surface area contributed by atoms with E-state index in [0.717, 1.165) is 46.4 Å². The normalized spacial score (nSPS) is 16.5. The summed E-state index contributed by atoms with van der Waals surface area (Å²) in [7, 11) is 1.93. The summed E-state index contributed by atoms with van der Waals surface area (Å²) in [6, 6.07) is 22.2. The van der Waals surface area contributed by atoms with Gasteiger partial charge in [-0.3, -0.25) is 14.5 Å². The summed E-state index contributed by atoms with van der Waals surface area (Å²) in [5.41, 5.74) is 6.26. The van der Waals surface area contributed by atoms with Crippen LogP contribution in [0.4, 0.5) is 17.4 Å². The molecular formula is C31H33N3O4. The molecule has 1 aliphatic rings. The summed E-state index contributed by atoms with van der Waals surface area (Å²) < 4.78 is 11.3. The number of para-hydroxylation sites is 1. The highest BCUT2D eigenvalue weighted by atomic mass is 16.5. The van der Waals surface area contributed by atoms with Gasteiger partial charge in [0.15, 0.2) is 5.58 Å². The maximum absolute atomic E-state index is 13.3. The highest BCUT2D eigenvalue weighted by Crippen LogP contribution is 2.32. The van der Waals surface area contributed by atoms with Crippen LogP contribution in [-0.4, -0.2) is 30.5 Å². The average Bonchev–Trinajstić information content (AvgIpc) is 3.22. The number of anilines is 3. The number of nitrogens with zero attached hydrogens (tertiary/aromatic N) is 2. The molecule has 38 heavy (non-hydrogen) atoms. The van der Waals surface area contributed by atoms with Crippen LogP contribution < -0.4 is 10.2 Å². The number of hydrogen-bond donors (Lipinski definition) is 1. The first-order valence-corrected chi connectivity index (χ1v) is 13.2. The molecule has 7 nitrogen and oxygen atoms in total. The highest BCUT2D eigenvalue weighted by Gasteiger charge is 2.23. The fourth-order valence-electron chi connectivity index (χ4n) is 5.13. The van der Waals surface area contributed by atoms with Crippen LogP contribution >= 0.6 is 0 Å². The Labute approximate surface area is 222 Å². The summed E-state index contributed by atoms with van der Waals surface area (Å²) in [6.07, 6.45) is 2.83. The van der Waals surface area contributed by atoms with Crippen molar-refractivity contribution in [2.24, 2.45) is 0 Å². The Hall–Kier alpha value is -4.13. The van der Waals surface area contributed by atoms with Gasteiger partial charge in [0, 0.05) is 18.4 Å². The number of aryl methyl sites for hydroxylation is 1. The molecule has 2 unspecified atom stereocenters. The van der Waals surface area contributed by atoms with Gasteiger partial charge in [0.25, 0.3) is 0 Å². The zero-order valence-electron chi connectivity index (χ0n) is 22.1. The van der Waals surface area contributed by atoms with Crippen molar-refractivity contribution in [1.82, 2.24) is 4.98 Å². The number of cyclic esters (lactones) is 1. The van der Waals surface area contributed by atoms with Gasteiger partial charge in [0.05, 0.1) is 18.9 Å². The molecule has 2 heterocycles. The summed E-state index contributed by atoms with van der Waals surface area (Å²) in [4.78, 5) is 31.7. The first-order valence-electron chi connectivity index (χ1n) is 13.2. The lowest BCUT2D eigenvalue weighted by atomic mass is 9.91. The molecule has 1 saturated heterocycles. The van der Waals surface area contributed by atoms with Crippen LogP contribution in [0.3, 0.4) is 0 Å². The van der Waals surface area contributed by atoms with E-state index in [1.807, 2.05) is 79.5 Å². The van der Waals surface area contributed by atoms with Gasteiger partial charge < -0.3 is 14.5 Å². The molecule has 7 heteroatoms. The van der Waals surface area contributed by atoms with Gasteiger partial charge >= 0.3 is 12.0 Å². The number of nitrogens with one attached hydrogen (secondary N) is 1. The van der Waals surface area contributed by atoms with Gasteiger partial charge in [-0.05, 0) is 79.1 Å². The van der Waals surface area contributed by atoms with Gasteiger partial charge in [-0.25, -0.2) is 0 Å². The van der Waals surface area contributed by atoms with E-state index in [9.17, 15) is 9.59 Å². The van der Waals surface area contributed by atoms with E-state index >= 15 is 0 Å². The van der Waals surface area contributed by atoms with Gasteiger partial charge in [0.1, 0.15) is 5.52 Å². The molecule has 196 valence electrons. The standard InChI is InChI=1S/C31H33N3O4/c1-4-25(30(36)32-24-14-11-21(12-15-24)22-9-7-17-37-29(35)19-22)23-13-16-26-28(18-23)38-31(33-26)34(3)27-10-6-5-8-20(27)2/h5-6,8,10-16,18,22,25H,4,7,9,17,19H2,1-3H3,(H,32,36). The lowest BCUT2D eigenvalue weighted by molar-refractivity contribution is -0.142. The Bertz CT molecular complexity index is 1440. The summed E-state index contributed by atoms with van der Waals surface area (Å²) in [5.74, 6) is -0.400. The number of ether oxygens (including phenoxy) is 1. The predicted octanol–water partition coefficient (Wildman–Crippen LogP) is 6.85. The number of rotatable bonds is 7. The molecule has 1 aromatic heterocycles. The number of oxazole rings is 1. The Balaban J connectivity index is 1.30. The van der Waals surface area contributed by atoms with Crippen LogP contribution in [0, 0.1) is 6.92 Å². The summed E-state index contributed by atoms with van der Waals surface area (Å²) in [6.45, 7) is 4.55. The zero-order valence-corrected chi connectivity index (χ0v) is 22.1. The van der Waals surface area contributed by atoms with Crippen LogP contribution in [-0.2, 0) is 14.3 Å². The fourth-order valence-corrected chi connectivity index (χ4v) is 5.13. The van der Waals surface area contributed by atoms with Gasteiger partial charge in [0.2, 0.25) is 5.91 Å². The van der Waals surface area contributed by atoms with Crippen LogP contribution in [0.1, 0.15) is 61.1 Å². The Morgan fingerprint density at radius 2 is 1.92 bits per heavy atom. The Morgan fingerprint density at radius 3 is 2.68 bits per heavy atom. The molecule has 0 spiro atoms. The molecule has 0 bridgehead atoms. The molecule has 1 amide bonds. The third-order valence-corrected chi connectivity index (χ3v) is 7.31. The van der Waals surface area contributed by atoms with E-state index in [2.05, 4.69) is 23.3 Å². The van der Waals surface area contributed by atoms with Gasteiger partial charge in [-0.15, -0.1) is 0 Å².